The summed E-state index contributed by atoms with van der Waals surface area (Å²) in [5.41, 5.74) is 9.62. The number of fused-ring (bicyclic) bond motifs is 8. The van der Waals surface area contributed by atoms with Gasteiger partial charge in [-0.1, -0.05) is 127 Å². The lowest BCUT2D eigenvalue weighted by Gasteiger charge is -2.14. The van der Waals surface area contributed by atoms with E-state index in [2.05, 4.69) is 162 Å². The van der Waals surface area contributed by atoms with E-state index in [1.807, 2.05) is 18.2 Å². The first-order chi connectivity index (χ1) is 25.7. The van der Waals surface area contributed by atoms with Crippen molar-refractivity contribution >= 4 is 65.3 Å². The molecule has 3 heterocycles. The molecule has 0 bridgehead atoms. The third-order valence-electron chi connectivity index (χ3n) is 10.3. The number of benzene rings is 8. The quantitative estimate of drug-likeness (QED) is 0.188. The van der Waals surface area contributed by atoms with Gasteiger partial charge in [-0.2, -0.15) is 0 Å². The topological polar surface area (TPSA) is 43.9 Å². The zero-order valence-electron chi connectivity index (χ0n) is 28.0. The number of rotatable bonds is 4. The zero-order chi connectivity index (χ0) is 34.2. The Kier molecular flexibility index (Phi) is 6.22. The second kappa shape index (κ2) is 11.2. The van der Waals surface area contributed by atoms with Crippen molar-refractivity contribution in [3.8, 4) is 39.6 Å². The van der Waals surface area contributed by atoms with Crippen molar-refractivity contribution in [1.29, 1.82) is 0 Å². The molecule has 0 unspecified atom stereocenters. The molecular formula is C48H29N3O. The van der Waals surface area contributed by atoms with Crippen molar-refractivity contribution < 1.29 is 4.42 Å². The average molecular weight is 664 g/mol. The molecule has 0 saturated carbocycles. The van der Waals surface area contributed by atoms with E-state index >= 15 is 0 Å². The standard InChI is InChI=1S/C48H29N3O/c1-2-13-31(14-3-1)40-29-41(35-23-22-30-12-4-5-15-32(30)24-35)50-48(49-40)36-27-44(47-38-19-9-11-21-45(38)52-46(47)28-36)51-42-20-10-8-18-37(42)39-25-33-16-6-7-17-34(33)26-43(39)51/h1-29H. The van der Waals surface area contributed by atoms with Crippen molar-refractivity contribution in [3.05, 3.63) is 176 Å². The average Bonchev–Trinajstić information content (AvgIpc) is 3.75. The summed E-state index contributed by atoms with van der Waals surface area (Å²) in [5.74, 6) is 0.638. The Morgan fingerprint density at radius 1 is 0.385 bits per heavy atom. The summed E-state index contributed by atoms with van der Waals surface area (Å²) in [5, 5.41) is 9.33. The highest BCUT2D eigenvalue weighted by Crippen LogP contribution is 2.42. The summed E-state index contributed by atoms with van der Waals surface area (Å²) >= 11 is 0. The molecule has 0 spiro atoms. The summed E-state index contributed by atoms with van der Waals surface area (Å²) in [6.07, 6.45) is 0. The fourth-order valence-corrected chi connectivity index (χ4v) is 7.88. The fraction of sp³-hybridized carbons (Fsp3) is 0. The predicted molar refractivity (Wildman–Crippen MR) is 215 cm³/mol. The van der Waals surface area contributed by atoms with E-state index in [4.69, 9.17) is 14.4 Å². The van der Waals surface area contributed by atoms with Crippen molar-refractivity contribution in [2.75, 3.05) is 0 Å². The molecule has 11 aromatic rings. The first-order valence-electron chi connectivity index (χ1n) is 17.6. The molecule has 0 fully saturated rings. The third kappa shape index (κ3) is 4.48. The van der Waals surface area contributed by atoms with Crippen LogP contribution in [0.25, 0.3) is 105 Å². The maximum Gasteiger partial charge on any atom is 0.160 e. The van der Waals surface area contributed by atoms with Crippen LogP contribution in [-0.4, -0.2) is 14.5 Å². The van der Waals surface area contributed by atoms with Gasteiger partial charge in [0.05, 0.1) is 33.5 Å². The monoisotopic (exact) mass is 663 g/mol. The molecule has 0 N–H and O–H groups in total. The molecular weight excluding hydrogens is 635 g/mol. The van der Waals surface area contributed by atoms with Gasteiger partial charge in [-0.3, -0.25) is 0 Å². The Labute approximate surface area is 298 Å². The third-order valence-corrected chi connectivity index (χ3v) is 10.3. The maximum atomic E-state index is 6.66. The number of para-hydroxylation sites is 2. The number of furan rings is 1. The molecule has 0 aliphatic rings. The molecule has 4 nitrogen and oxygen atoms in total. The van der Waals surface area contributed by atoms with Crippen molar-refractivity contribution in [2.24, 2.45) is 0 Å². The van der Waals surface area contributed by atoms with E-state index in [9.17, 15) is 0 Å². The molecule has 8 aromatic carbocycles. The summed E-state index contributed by atoms with van der Waals surface area (Å²) in [7, 11) is 0. The van der Waals surface area contributed by atoms with Crippen LogP contribution in [0.15, 0.2) is 180 Å². The first-order valence-corrected chi connectivity index (χ1v) is 17.6. The van der Waals surface area contributed by atoms with Crippen molar-refractivity contribution in [2.45, 2.75) is 0 Å². The SMILES string of the molecule is c1ccc(-c2cc(-c3ccc4ccccc4c3)nc(-c3cc(-n4c5ccccc5c5cc6ccccc6cc54)c4c(c3)oc3ccccc34)n2)cc1. The van der Waals surface area contributed by atoms with Crippen LogP contribution in [0.4, 0.5) is 0 Å². The van der Waals surface area contributed by atoms with Gasteiger partial charge in [0.25, 0.3) is 0 Å². The molecule has 11 rings (SSSR count). The lowest BCUT2D eigenvalue weighted by atomic mass is 10.0. The van der Waals surface area contributed by atoms with Gasteiger partial charge in [0.1, 0.15) is 11.2 Å². The van der Waals surface area contributed by atoms with Gasteiger partial charge in [-0.25, -0.2) is 9.97 Å². The lowest BCUT2D eigenvalue weighted by molar-refractivity contribution is 0.669. The van der Waals surface area contributed by atoms with E-state index in [0.29, 0.717) is 5.82 Å². The van der Waals surface area contributed by atoms with Gasteiger partial charge < -0.3 is 8.98 Å². The van der Waals surface area contributed by atoms with Gasteiger partial charge in [0.2, 0.25) is 0 Å². The summed E-state index contributed by atoms with van der Waals surface area (Å²) in [6.45, 7) is 0. The summed E-state index contributed by atoms with van der Waals surface area (Å²) in [4.78, 5) is 10.5. The second-order valence-corrected chi connectivity index (χ2v) is 13.4. The maximum absolute atomic E-state index is 6.66. The van der Waals surface area contributed by atoms with Crippen LogP contribution in [0, 0.1) is 0 Å². The van der Waals surface area contributed by atoms with Crippen LogP contribution in [0.3, 0.4) is 0 Å². The summed E-state index contributed by atoms with van der Waals surface area (Å²) < 4.78 is 9.06. The molecule has 52 heavy (non-hydrogen) atoms. The largest absolute Gasteiger partial charge is 0.456 e. The molecule has 0 aliphatic heterocycles. The van der Waals surface area contributed by atoms with Crippen LogP contribution < -0.4 is 0 Å². The molecule has 0 amide bonds. The highest BCUT2D eigenvalue weighted by molar-refractivity contribution is 6.17. The molecule has 3 aromatic heterocycles. The van der Waals surface area contributed by atoms with Crippen LogP contribution in [0.1, 0.15) is 0 Å². The molecule has 0 radical (unpaired) electrons. The Balaban J connectivity index is 1.23. The van der Waals surface area contributed by atoms with Crippen LogP contribution in [0.2, 0.25) is 0 Å². The Bertz CT molecular complexity index is 3190. The van der Waals surface area contributed by atoms with E-state index < -0.39 is 0 Å². The smallest absolute Gasteiger partial charge is 0.160 e. The molecule has 0 saturated heterocycles. The van der Waals surface area contributed by atoms with Gasteiger partial charge in [0, 0.05) is 32.8 Å². The first kappa shape index (κ1) is 28.8. The minimum Gasteiger partial charge on any atom is -0.456 e. The normalized spacial score (nSPS) is 11.8. The van der Waals surface area contributed by atoms with Crippen LogP contribution in [-0.2, 0) is 0 Å². The molecule has 0 atom stereocenters. The van der Waals surface area contributed by atoms with Crippen LogP contribution in [0.5, 0.6) is 0 Å². The highest BCUT2D eigenvalue weighted by Gasteiger charge is 2.21. The van der Waals surface area contributed by atoms with Gasteiger partial charge in [-0.15, -0.1) is 0 Å². The minimum absolute atomic E-state index is 0.638. The van der Waals surface area contributed by atoms with Gasteiger partial charge in [-0.05, 0) is 70.1 Å². The van der Waals surface area contributed by atoms with E-state index in [-0.39, 0.29) is 0 Å². The van der Waals surface area contributed by atoms with E-state index in [0.717, 1.165) is 66.7 Å². The Morgan fingerprint density at radius 3 is 1.87 bits per heavy atom. The van der Waals surface area contributed by atoms with Crippen molar-refractivity contribution in [3.63, 3.8) is 0 Å². The Morgan fingerprint density at radius 2 is 1.04 bits per heavy atom. The number of hydrogen-bond donors (Lipinski definition) is 0. The predicted octanol–water partition coefficient (Wildman–Crippen LogP) is 12.8. The van der Waals surface area contributed by atoms with E-state index in [1.54, 1.807) is 0 Å². The summed E-state index contributed by atoms with van der Waals surface area (Å²) in [6, 6.07) is 62.0. The lowest BCUT2D eigenvalue weighted by Crippen LogP contribution is -1.99. The van der Waals surface area contributed by atoms with Crippen molar-refractivity contribution in [1.82, 2.24) is 14.5 Å². The second-order valence-electron chi connectivity index (χ2n) is 13.4. The highest BCUT2D eigenvalue weighted by atomic mass is 16.3. The molecule has 242 valence electrons. The minimum atomic E-state index is 0.638. The Hall–Kier alpha value is -7.04. The van der Waals surface area contributed by atoms with Gasteiger partial charge >= 0.3 is 0 Å². The number of nitrogens with zero attached hydrogens (tertiary/aromatic N) is 3. The molecule has 4 heteroatoms. The number of aromatic nitrogens is 3. The number of hydrogen-bond acceptors (Lipinski definition) is 3. The van der Waals surface area contributed by atoms with E-state index in [1.165, 1.54) is 32.3 Å². The zero-order valence-corrected chi connectivity index (χ0v) is 28.0. The van der Waals surface area contributed by atoms with Crippen LogP contribution >= 0.6 is 0 Å². The molecule has 0 aliphatic carbocycles. The fourth-order valence-electron chi connectivity index (χ4n) is 7.88. The van der Waals surface area contributed by atoms with Gasteiger partial charge in [0.15, 0.2) is 5.82 Å².